The van der Waals surface area contributed by atoms with Crippen LogP contribution in [0.3, 0.4) is 0 Å². The molecule has 4 unspecified atom stereocenters. The fourth-order valence-corrected chi connectivity index (χ4v) is 14.5. The molecule has 0 saturated carbocycles. The number of hydrogen-bond donors (Lipinski definition) is 10. The molecule has 0 radical (unpaired) electrons. The smallest absolute Gasteiger partial charge is 0.348 e. The van der Waals surface area contributed by atoms with Crippen LogP contribution in [-0.4, -0.2) is 284 Å². The highest BCUT2D eigenvalue weighted by Gasteiger charge is 2.50. The van der Waals surface area contributed by atoms with Crippen molar-refractivity contribution < 1.29 is 178 Å². The summed E-state index contributed by atoms with van der Waals surface area (Å²) in [5.41, 5.74) is 2.47. The first kappa shape index (κ1) is 91.7. The number of rotatable bonds is 35. The van der Waals surface area contributed by atoms with Gasteiger partial charge in [-0.25, -0.2) is 0 Å². The Balaban J connectivity index is 0.000000338. The summed E-state index contributed by atoms with van der Waals surface area (Å²) in [7, 11) is -16.8. The van der Waals surface area contributed by atoms with E-state index in [1.165, 1.54) is 42.7 Å². The molecule has 40 heteroatoms. The zero-order chi connectivity index (χ0) is 102. The van der Waals surface area contributed by atoms with Crippen molar-refractivity contribution in [2.24, 2.45) is 0 Å². The first-order valence-electron chi connectivity index (χ1n) is 44.9. The van der Waals surface area contributed by atoms with Crippen molar-refractivity contribution in [3.05, 3.63) is 179 Å². The predicted octanol–water partition coefficient (Wildman–Crippen LogP) is 12.1. The minimum atomic E-state index is -4.86. The molecule has 0 spiro atoms. The summed E-state index contributed by atoms with van der Waals surface area (Å²) >= 11 is 0. The van der Waals surface area contributed by atoms with Crippen molar-refractivity contribution in [2.75, 3.05) is 88.5 Å². The Morgan fingerprint density at radius 1 is 0.328 bits per heavy atom. The molecular weight excluding hydrogens is 1710 g/mol. The van der Waals surface area contributed by atoms with Gasteiger partial charge in [0.2, 0.25) is 29.5 Å². The molecule has 6 heterocycles. The van der Waals surface area contributed by atoms with Crippen LogP contribution in [0, 0.1) is 0 Å². The van der Waals surface area contributed by atoms with Crippen LogP contribution in [0.4, 0.5) is 0 Å². The lowest BCUT2D eigenvalue weighted by Gasteiger charge is -2.24. The van der Waals surface area contributed by atoms with E-state index < -0.39 is 238 Å². The Kier molecular flexibility index (Phi) is 40.2. The molecule has 3 aromatic rings. The maximum atomic E-state index is 11.9. The topological polar surface area (TPSA) is 471 Å². The Morgan fingerprint density at radius 2 is 0.541 bits per heavy atom. The molecule has 9 rings (SSSR count). The van der Waals surface area contributed by atoms with E-state index in [4.69, 9.17) is 122 Å². The lowest BCUT2D eigenvalue weighted by Crippen LogP contribution is -2.36. The van der Waals surface area contributed by atoms with E-state index in [9.17, 15) is 56.8 Å². The van der Waals surface area contributed by atoms with Crippen LogP contribution in [0.15, 0.2) is 162 Å². The molecule has 0 bridgehead atoms. The highest BCUT2D eigenvalue weighted by Crippen LogP contribution is 2.47. The first-order chi connectivity index (χ1) is 62.1. The summed E-state index contributed by atoms with van der Waals surface area (Å²) in [5, 5.41) is 17.9. The zero-order valence-electron chi connectivity index (χ0n) is 84.2. The number of benzene rings is 3. The number of ether oxygens (including phenoxy) is 18. The van der Waals surface area contributed by atoms with Crippen molar-refractivity contribution in [3.8, 4) is 0 Å². The molecule has 6 aliphatic rings. The summed E-state index contributed by atoms with van der Waals surface area (Å²) in [4.78, 5) is 74.4. The predicted molar refractivity (Wildman–Crippen MR) is 460 cm³/mol. The molecule has 6 aliphatic heterocycles. The van der Waals surface area contributed by atoms with Gasteiger partial charge in [0.15, 0.2) is 0 Å². The van der Waals surface area contributed by atoms with Crippen molar-refractivity contribution in [1.82, 2.24) is 0 Å². The lowest BCUT2D eigenvalue weighted by molar-refractivity contribution is -0.0694. The maximum Gasteiger partial charge on any atom is 0.348 e. The van der Waals surface area contributed by atoms with E-state index in [1.807, 2.05) is 146 Å². The van der Waals surface area contributed by atoms with Crippen LogP contribution in [0.25, 0.3) is 0 Å². The molecule has 3 aromatic carbocycles. The van der Waals surface area contributed by atoms with Crippen LogP contribution in [0.5, 0.6) is 0 Å². The molecular formula is C82H134O34P6. The minimum Gasteiger partial charge on any atom is -0.386 e. The summed E-state index contributed by atoms with van der Waals surface area (Å²) in [5.74, 6) is -5.01. The molecule has 0 aromatic heterocycles. The standard InChI is InChI=1S/C17H25O6P.C17H25O5P.C16H23O6P.C11H21O6P.C11H21O5P.C10H19O6P/c1-12(2)22-16-14(9-10-24(19,20)11-18)23-15(17(16)21-3)13-7-5-4-6-8-13;1-12(2)21-16-14(10-11-23(4,18)19)22-15(17(16)20-3)13-8-6-5-7-9-13;1-11(2)21-15-13(9-10-23(17,18)19)22-14(16(15)20-3)12-7-5-4-6-8-12;1-8(2)17-11-9(16-6-10(11)15-3)4-5-18(13,14)7-12;1-8(2)16-11-9(5-6-17(4,12)13)15-7-10(11)14-3;1-7(2)16-10-8(4-5-17(11,12)13)15-6-9(10)14-3/h4-10,12,14-18H,11H2,1-3H3,(H,19,20);5-12,14-17H,1-4H3,(H,18,19);4-11,13-16H,1-3H3,(H2,17,18,19);4-5,8-12H,6-7H2,1-3H3,(H,13,14);5-6,8-11H,7H2,1-4H3,(H,12,13);4-5,7-10H,6H2,1-3H3,(H2,11,12,13)/b10-9+;11-10+;10-9+;5-4+;6-5+;5-4+/t2*14-,15+,16-,17+;13-,14+,15-,16+;2*9-,10+,11-;8-,9+,10-/m111111/s1/i9D,10D;10D,11D;9D,10D;4D,5D;5D,6D;4D,5D. The molecule has 0 aliphatic carbocycles. The second kappa shape index (κ2) is 53.5. The third kappa shape index (κ3) is 39.8. The Labute approximate surface area is 735 Å². The van der Waals surface area contributed by atoms with Crippen molar-refractivity contribution in [2.45, 2.75) is 248 Å². The van der Waals surface area contributed by atoms with E-state index in [0.717, 1.165) is 30.0 Å². The molecule has 10 N–H and O–H groups in total. The SMILES string of the molecule is [2H]/C(=C(/[2H])P(=O)(O)CO)[C@H]1OC[C@H](OC)[C@@H]1OC(C)C.[2H]/C(=C(/[2H])P(=O)(O)CO)[C@H]1O[C@@H](c2ccccc2)[C@H](OC)[C@@H]1OC(C)C.[2H]/C(=C(/[2H])P(=O)(O)O)[C@H]1OC[C@H](OC)[C@@H]1OC(C)C.[2H]/C(=C(/[2H])P(=O)(O)O)[C@H]1O[C@@H](c2ccccc2)[C@H](OC)[C@@H]1OC(C)C.[2H]/C(=C(/[2H])P(C)(=O)O)[C@H]1OC[C@H](OC)[C@@H]1OC(C)C.[2H]/C(=C(/[2H])P(C)(=O)O)[C@H]1O[C@@H](c2ccccc2)[C@H](OC)[C@@H]1OC(C)C. The van der Waals surface area contributed by atoms with Gasteiger partial charge in [0.05, 0.1) is 72.9 Å². The van der Waals surface area contributed by atoms with Gasteiger partial charge in [0, 0.05) is 79.2 Å². The zero-order valence-corrected chi connectivity index (χ0v) is 77.6. The molecule has 122 heavy (non-hydrogen) atoms. The Hall–Kier alpha value is -3.64. The van der Waals surface area contributed by atoms with Crippen LogP contribution >= 0.6 is 44.7 Å². The van der Waals surface area contributed by atoms with Crippen molar-refractivity contribution >= 4 is 44.7 Å². The molecule has 6 fully saturated rings. The largest absolute Gasteiger partial charge is 0.386 e. The van der Waals surface area contributed by atoms with Gasteiger partial charge in [-0.2, -0.15) is 0 Å². The van der Waals surface area contributed by atoms with Crippen molar-refractivity contribution in [1.29, 1.82) is 0 Å². The van der Waals surface area contributed by atoms with Crippen molar-refractivity contribution in [3.63, 3.8) is 0 Å². The van der Waals surface area contributed by atoms with E-state index in [1.54, 1.807) is 27.7 Å². The average molecular weight is 1860 g/mol. The second-order valence-electron chi connectivity index (χ2n) is 29.8. The Morgan fingerprint density at radius 3 is 0.754 bits per heavy atom. The van der Waals surface area contributed by atoms with E-state index in [0.29, 0.717) is 0 Å². The summed E-state index contributed by atoms with van der Waals surface area (Å²) in [6.07, 6.45) is -17.6. The fourth-order valence-electron chi connectivity index (χ4n) is 12.4. The van der Waals surface area contributed by atoms with Gasteiger partial charge < -0.3 is 135 Å². The van der Waals surface area contributed by atoms with E-state index in [-0.39, 0.29) is 74.7 Å². The highest BCUT2D eigenvalue weighted by molar-refractivity contribution is 7.61. The highest BCUT2D eigenvalue weighted by atomic mass is 31.2. The third-order valence-corrected chi connectivity index (χ3v) is 21.0. The fraction of sp³-hybridized carbons (Fsp3) is 0.634. The lowest BCUT2D eigenvalue weighted by atomic mass is 10.0. The summed E-state index contributed by atoms with van der Waals surface area (Å²) < 4.78 is 264. The van der Waals surface area contributed by atoms with Gasteiger partial charge in [-0.15, -0.1) is 0 Å². The number of hydrogen-bond acceptors (Lipinski definition) is 26. The molecule has 696 valence electrons. The monoisotopic (exact) mass is 1860 g/mol. The second-order valence-corrected chi connectivity index (χ2v) is 40.2. The van der Waals surface area contributed by atoms with Crippen LogP contribution in [0.2, 0.25) is 0 Å². The number of methoxy groups -OCH3 is 6. The first-order valence-corrected chi connectivity index (χ1v) is 50.0. The molecule has 0 amide bonds. The van der Waals surface area contributed by atoms with Gasteiger partial charge >= 0.3 is 15.2 Å². The van der Waals surface area contributed by atoms with E-state index in [2.05, 4.69) is 0 Å². The van der Waals surface area contributed by atoms with E-state index >= 15 is 0 Å². The molecule has 25 atom stereocenters. The Bertz CT molecular complexity index is 4470. The molecule has 34 nitrogen and oxygen atoms in total. The average Bonchev–Trinajstić information content (AvgIpc) is 1.59. The van der Waals surface area contributed by atoms with Gasteiger partial charge in [0.25, 0.3) is 0 Å². The third-order valence-electron chi connectivity index (χ3n) is 17.3. The van der Waals surface area contributed by atoms with Crippen LogP contribution in [0.1, 0.15) is 135 Å². The van der Waals surface area contributed by atoms with Gasteiger partial charge in [-0.3, -0.25) is 27.4 Å². The quantitative estimate of drug-likeness (QED) is 0.0245. The maximum absolute atomic E-state index is 11.9. The normalized spacial score (nSPS) is 33.2. The van der Waals surface area contributed by atoms with Crippen LogP contribution < -0.4 is 0 Å². The van der Waals surface area contributed by atoms with Gasteiger partial charge in [-0.1, -0.05) is 91.0 Å². The van der Waals surface area contributed by atoms with Gasteiger partial charge in [0.1, 0.15) is 141 Å². The minimum absolute atomic E-state index is 0.101. The number of aliphatic hydroxyl groups is 2. The molecule has 6 saturated heterocycles. The van der Waals surface area contributed by atoms with Gasteiger partial charge in [-0.05, 0) is 148 Å². The van der Waals surface area contributed by atoms with Crippen LogP contribution in [-0.2, 0) is 113 Å². The summed E-state index contributed by atoms with van der Waals surface area (Å²) in [6, 6.07) is 25.1. The number of aliphatic hydroxyl groups excluding tert-OH is 2. The summed E-state index contributed by atoms with van der Waals surface area (Å²) in [6.45, 7) is 24.5.